The maximum Gasteiger partial charge on any atom is 0.149 e. The van der Waals surface area contributed by atoms with Gasteiger partial charge in [-0.25, -0.2) is 0 Å². The van der Waals surface area contributed by atoms with Crippen molar-refractivity contribution in [3.05, 3.63) is 41.1 Å². The zero-order valence-electron chi connectivity index (χ0n) is 9.10. The summed E-state index contributed by atoms with van der Waals surface area (Å²) in [4.78, 5) is 4.11. The maximum atomic E-state index is 10.0. The van der Waals surface area contributed by atoms with E-state index in [9.17, 15) is 5.11 Å². The SMILES string of the molecule is OCCC=Cc1cc(Cl)c2cccnc2c1O. The number of phenols is 1. The summed E-state index contributed by atoms with van der Waals surface area (Å²) in [5, 5.41) is 20.0. The predicted molar refractivity (Wildman–Crippen MR) is 69.2 cm³/mol. The summed E-state index contributed by atoms with van der Waals surface area (Å²) in [5.74, 6) is 0.110. The monoisotopic (exact) mass is 249 g/mol. The van der Waals surface area contributed by atoms with Crippen LogP contribution < -0.4 is 0 Å². The van der Waals surface area contributed by atoms with Crippen molar-refractivity contribution in [2.24, 2.45) is 0 Å². The number of aliphatic hydroxyl groups excluding tert-OH is 1. The number of halogens is 1. The number of pyridine rings is 1. The number of hydrogen-bond acceptors (Lipinski definition) is 3. The number of aliphatic hydroxyl groups is 1. The Hall–Kier alpha value is -1.58. The standard InChI is InChI=1S/C13H12ClNO2/c14-11-8-9(4-1-2-7-16)13(17)12-10(11)5-3-6-15-12/h1,3-6,8,16-17H,2,7H2. The fraction of sp³-hybridized carbons (Fsp3) is 0.154. The minimum Gasteiger partial charge on any atom is -0.505 e. The molecule has 0 aliphatic rings. The van der Waals surface area contributed by atoms with Crippen molar-refractivity contribution < 1.29 is 10.2 Å². The second-order valence-corrected chi connectivity index (χ2v) is 4.02. The first-order valence-electron chi connectivity index (χ1n) is 5.27. The minimum atomic E-state index is 0.0802. The zero-order valence-corrected chi connectivity index (χ0v) is 9.85. The lowest BCUT2D eigenvalue weighted by atomic mass is 10.1. The van der Waals surface area contributed by atoms with Crippen molar-refractivity contribution in [2.75, 3.05) is 6.61 Å². The van der Waals surface area contributed by atoms with Gasteiger partial charge in [-0.1, -0.05) is 23.8 Å². The van der Waals surface area contributed by atoms with Crippen LogP contribution in [0.5, 0.6) is 5.75 Å². The van der Waals surface area contributed by atoms with E-state index in [4.69, 9.17) is 16.7 Å². The quantitative estimate of drug-likeness (QED) is 0.879. The average Bonchev–Trinajstić information content (AvgIpc) is 2.36. The van der Waals surface area contributed by atoms with Gasteiger partial charge in [-0.2, -0.15) is 0 Å². The summed E-state index contributed by atoms with van der Waals surface area (Å²) in [6, 6.07) is 5.27. The molecule has 88 valence electrons. The molecular formula is C13H12ClNO2. The fourth-order valence-electron chi connectivity index (χ4n) is 1.62. The Kier molecular flexibility index (Phi) is 3.61. The van der Waals surface area contributed by atoms with E-state index in [2.05, 4.69) is 4.98 Å². The first-order chi connectivity index (χ1) is 8.24. The van der Waals surface area contributed by atoms with Gasteiger partial charge in [-0.05, 0) is 24.6 Å². The molecule has 4 heteroatoms. The number of phenolic OH excluding ortho intramolecular Hbond substituents is 1. The van der Waals surface area contributed by atoms with Gasteiger partial charge < -0.3 is 10.2 Å². The average molecular weight is 250 g/mol. The van der Waals surface area contributed by atoms with Crippen LogP contribution in [0, 0.1) is 0 Å². The molecule has 0 aliphatic heterocycles. The molecule has 2 aromatic rings. The van der Waals surface area contributed by atoms with Gasteiger partial charge in [-0.15, -0.1) is 0 Å². The second kappa shape index (κ2) is 5.17. The van der Waals surface area contributed by atoms with Gasteiger partial charge in [0.1, 0.15) is 11.3 Å². The number of hydrogen-bond donors (Lipinski definition) is 2. The van der Waals surface area contributed by atoms with Gasteiger partial charge in [0.25, 0.3) is 0 Å². The summed E-state index contributed by atoms with van der Waals surface area (Å²) < 4.78 is 0. The zero-order chi connectivity index (χ0) is 12.3. The van der Waals surface area contributed by atoms with Crippen LogP contribution in [-0.4, -0.2) is 21.8 Å². The number of rotatable bonds is 3. The molecule has 2 rings (SSSR count). The maximum absolute atomic E-state index is 10.0. The Morgan fingerprint density at radius 3 is 3.00 bits per heavy atom. The highest BCUT2D eigenvalue weighted by Gasteiger charge is 2.08. The van der Waals surface area contributed by atoms with Crippen LogP contribution in [0.4, 0.5) is 0 Å². The van der Waals surface area contributed by atoms with Gasteiger partial charge in [0.2, 0.25) is 0 Å². The number of aromatic hydroxyl groups is 1. The van der Waals surface area contributed by atoms with E-state index < -0.39 is 0 Å². The van der Waals surface area contributed by atoms with Crippen molar-refractivity contribution in [1.29, 1.82) is 0 Å². The van der Waals surface area contributed by atoms with Gasteiger partial charge >= 0.3 is 0 Å². The molecule has 0 bridgehead atoms. The smallest absolute Gasteiger partial charge is 0.149 e. The molecule has 1 heterocycles. The topological polar surface area (TPSA) is 53.4 Å². The number of benzene rings is 1. The first-order valence-corrected chi connectivity index (χ1v) is 5.65. The van der Waals surface area contributed by atoms with Gasteiger partial charge in [0.05, 0.1) is 5.02 Å². The van der Waals surface area contributed by atoms with E-state index in [0.29, 0.717) is 22.5 Å². The molecule has 0 saturated carbocycles. The minimum absolute atomic E-state index is 0.0802. The second-order valence-electron chi connectivity index (χ2n) is 3.61. The van der Waals surface area contributed by atoms with E-state index in [0.717, 1.165) is 5.39 Å². The third-order valence-corrected chi connectivity index (χ3v) is 2.75. The lowest BCUT2D eigenvalue weighted by Gasteiger charge is -2.05. The molecule has 0 unspecified atom stereocenters. The Morgan fingerprint density at radius 2 is 2.24 bits per heavy atom. The molecule has 0 aliphatic carbocycles. The third kappa shape index (κ3) is 2.40. The Morgan fingerprint density at radius 1 is 1.41 bits per heavy atom. The van der Waals surface area contributed by atoms with Crippen LogP contribution in [0.2, 0.25) is 5.02 Å². The Labute approximate surface area is 104 Å². The summed E-state index contributed by atoms with van der Waals surface area (Å²) >= 11 is 6.11. The molecule has 0 saturated heterocycles. The molecule has 0 amide bonds. The van der Waals surface area contributed by atoms with Crippen molar-refractivity contribution in [3.63, 3.8) is 0 Å². The van der Waals surface area contributed by atoms with E-state index in [-0.39, 0.29) is 12.4 Å². The van der Waals surface area contributed by atoms with Gasteiger partial charge in [0, 0.05) is 23.8 Å². The van der Waals surface area contributed by atoms with E-state index >= 15 is 0 Å². The first kappa shape index (κ1) is 11.9. The number of aromatic nitrogens is 1. The highest BCUT2D eigenvalue weighted by molar-refractivity contribution is 6.35. The molecule has 1 aromatic heterocycles. The molecule has 0 spiro atoms. The van der Waals surface area contributed by atoms with Crippen LogP contribution >= 0.6 is 11.6 Å². The van der Waals surface area contributed by atoms with E-state index in [1.54, 1.807) is 30.5 Å². The van der Waals surface area contributed by atoms with Gasteiger partial charge in [-0.3, -0.25) is 4.98 Å². The predicted octanol–water partition coefficient (Wildman–Crippen LogP) is 2.99. The largest absolute Gasteiger partial charge is 0.505 e. The Bertz CT molecular complexity index is 567. The van der Waals surface area contributed by atoms with Crippen molar-refractivity contribution in [2.45, 2.75) is 6.42 Å². The summed E-state index contributed by atoms with van der Waals surface area (Å²) in [6.07, 6.45) is 5.66. The normalized spacial score (nSPS) is 11.4. The summed E-state index contributed by atoms with van der Waals surface area (Å²) in [7, 11) is 0. The highest BCUT2D eigenvalue weighted by atomic mass is 35.5. The van der Waals surface area contributed by atoms with Crippen LogP contribution in [0.3, 0.4) is 0 Å². The molecular weight excluding hydrogens is 238 g/mol. The van der Waals surface area contributed by atoms with Crippen LogP contribution in [-0.2, 0) is 0 Å². The van der Waals surface area contributed by atoms with Crippen LogP contribution in [0.25, 0.3) is 17.0 Å². The Balaban J connectivity index is 2.55. The highest BCUT2D eigenvalue weighted by Crippen LogP contribution is 2.33. The van der Waals surface area contributed by atoms with Crippen LogP contribution in [0.15, 0.2) is 30.5 Å². The third-order valence-electron chi connectivity index (χ3n) is 2.44. The van der Waals surface area contributed by atoms with Crippen molar-refractivity contribution in [1.82, 2.24) is 4.98 Å². The van der Waals surface area contributed by atoms with E-state index in [1.807, 2.05) is 6.07 Å². The molecule has 17 heavy (non-hydrogen) atoms. The summed E-state index contributed by atoms with van der Waals surface area (Å²) in [6.45, 7) is 0.0802. The molecule has 3 nitrogen and oxygen atoms in total. The molecule has 0 radical (unpaired) electrons. The van der Waals surface area contributed by atoms with Crippen molar-refractivity contribution >= 4 is 28.6 Å². The molecule has 0 fully saturated rings. The lowest BCUT2D eigenvalue weighted by Crippen LogP contribution is -1.84. The summed E-state index contributed by atoms with van der Waals surface area (Å²) in [5.41, 5.74) is 1.10. The number of nitrogens with zero attached hydrogens (tertiary/aromatic N) is 1. The lowest BCUT2D eigenvalue weighted by molar-refractivity contribution is 0.303. The molecule has 0 atom stereocenters. The number of fused-ring (bicyclic) bond motifs is 1. The molecule has 2 N–H and O–H groups in total. The molecule has 1 aromatic carbocycles. The fourth-order valence-corrected chi connectivity index (χ4v) is 1.89. The van der Waals surface area contributed by atoms with Crippen LogP contribution in [0.1, 0.15) is 12.0 Å². The van der Waals surface area contributed by atoms with E-state index in [1.165, 1.54) is 0 Å². The van der Waals surface area contributed by atoms with Gasteiger partial charge in [0.15, 0.2) is 0 Å². The van der Waals surface area contributed by atoms with Crippen molar-refractivity contribution in [3.8, 4) is 5.75 Å².